The Morgan fingerprint density at radius 1 is 1.42 bits per heavy atom. The van der Waals surface area contributed by atoms with E-state index in [4.69, 9.17) is 4.74 Å². The molecule has 1 saturated carbocycles. The molecule has 0 unspecified atom stereocenters. The summed E-state index contributed by atoms with van der Waals surface area (Å²) < 4.78 is 5.68. The van der Waals surface area contributed by atoms with E-state index >= 15 is 0 Å². The molecular formula is C20H33NO3. The zero-order chi connectivity index (χ0) is 17.3. The van der Waals surface area contributed by atoms with Crippen molar-refractivity contribution in [3.05, 3.63) is 11.6 Å². The lowest BCUT2D eigenvalue weighted by atomic mass is 9.55. The molecule has 1 saturated heterocycles. The standard InChI is InChI=1S/C20H33NO3/c1-4-5-6-10-21-12-15-17-16(24-19(15)23)11-14-9-7-8-13(2)20(14,3)18(17)22/h9,13,15-18,21-22H,4-8,10-12H2,1-3H3/t13-,15+,16+,17-,18-,20+/m1/s1. The second kappa shape index (κ2) is 7.17. The Hall–Kier alpha value is -0.870. The van der Waals surface area contributed by atoms with E-state index in [-0.39, 0.29) is 29.3 Å². The third kappa shape index (κ3) is 2.92. The number of hydrogen-bond acceptors (Lipinski definition) is 4. The van der Waals surface area contributed by atoms with E-state index in [2.05, 4.69) is 32.2 Å². The number of nitrogens with one attached hydrogen (secondary N) is 1. The maximum atomic E-state index is 12.4. The highest BCUT2D eigenvalue weighted by atomic mass is 16.6. The van der Waals surface area contributed by atoms with E-state index in [0.29, 0.717) is 12.5 Å². The molecule has 3 aliphatic rings. The van der Waals surface area contributed by atoms with Gasteiger partial charge in [-0.15, -0.1) is 0 Å². The van der Waals surface area contributed by atoms with Gasteiger partial charge in [0.1, 0.15) is 6.10 Å². The van der Waals surface area contributed by atoms with Crippen molar-refractivity contribution in [1.29, 1.82) is 0 Å². The first-order chi connectivity index (χ1) is 11.5. The van der Waals surface area contributed by atoms with Crippen LogP contribution in [-0.4, -0.2) is 36.4 Å². The van der Waals surface area contributed by atoms with Gasteiger partial charge in [0.25, 0.3) is 0 Å². The SMILES string of the molecule is CCCCCNC[C@@H]1C(=O)O[C@H]2CC3=CCC[C@@H](C)[C@]3(C)[C@H](O)[C@@H]21. The van der Waals surface area contributed by atoms with Crippen molar-refractivity contribution in [1.82, 2.24) is 5.32 Å². The molecule has 24 heavy (non-hydrogen) atoms. The number of esters is 1. The Morgan fingerprint density at radius 3 is 2.96 bits per heavy atom. The summed E-state index contributed by atoms with van der Waals surface area (Å²) in [6.45, 7) is 8.19. The van der Waals surface area contributed by atoms with Gasteiger partial charge < -0.3 is 15.2 Å². The summed E-state index contributed by atoms with van der Waals surface area (Å²) in [6, 6.07) is 0. The zero-order valence-corrected chi connectivity index (χ0v) is 15.4. The molecule has 6 atom stereocenters. The van der Waals surface area contributed by atoms with Crippen LogP contribution in [0.4, 0.5) is 0 Å². The van der Waals surface area contributed by atoms with Crippen LogP contribution < -0.4 is 5.32 Å². The number of carbonyl (C=O) groups excluding carboxylic acids is 1. The monoisotopic (exact) mass is 335 g/mol. The van der Waals surface area contributed by atoms with Gasteiger partial charge in [0, 0.05) is 24.3 Å². The van der Waals surface area contributed by atoms with E-state index in [1.165, 1.54) is 18.4 Å². The molecule has 4 nitrogen and oxygen atoms in total. The predicted molar refractivity (Wildman–Crippen MR) is 94.5 cm³/mol. The predicted octanol–water partition coefficient (Wildman–Crippen LogP) is 3.05. The molecule has 1 heterocycles. The van der Waals surface area contributed by atoms with Gasteiger partial charge >= 0.3 is 5.97 Å². The molecule has 4 heteroatoms. The van der Waals surface area contributed by atoms with Crippen LogP contribution in [-0.2, 0) is 9.53 Å². The van der Waals surface area contributed by atoms with Gasteiger partial charge in [0.05, 0.1) is 12.0 Å². The number of aliphatic hydroxyl groups excluding tert-OH is 1. The topological polar surface area (TPSA) is 58.6 Å². The molecular weight excluding hydrogens is 302 g/mol. The first kappa shape index (κ1) is 17.9. The minimum Gasteiger partial charge on any atom is -0.461 e. The number of allylic oxidation sites excluding steroid dienone is 1. The lowest BCUT2D eigenvalue weighted by Crippen LogP contribution is -2.54. The number of unbranched alkanes of at least 4 members (excludes halogenated alkanes) is 2. The van der Waals surface area contributed by atoms with Crippen LogP contribution in [0.2, 0.25) is 0 Å². The molecule has 0 aromatic rings. The van der Waals surface area contributed by atoms with Crippen molar-refractivity contribution in [2.45, 2.75) is 71.5 Å². The highest BCUT2D eigenvalue weighted by Gasteiger charge is 2.59. The van der Waals surface area contributed by atoms with E-state index < -0.39 is 6.10 Å². The molecule has 2 aliphatic carbocycles. The fourth-order valence-electron chi connectivity index (χ4n) is 5.05. The number of carbonyl (C=O) groups is 1. The summed E-state index contributed by atoms with van der Waals surface area (Å²) in [5.41, 5.74) is 1.10. The van der Waals surface area contributed by atoms with Crippen LogP contribution in [0.25, 0.3) is 0 Å². The summed E-state index contributed by atoms with van der Waals surface area (Å²) >= 11 is 0. The lowest BCUT2D eigenvalue weighted by Gasteiger charge is -2.51. The molecule has 136 valence electrons. The highest BCUT2D eigenvalue weighted by molar-refractivity contribution is 5.76. The van der Waals surface area contributed by atoms with Crippen molar-refractivity contribution >= 4 is 5.97 Å². The first-order valence-electron chi connectivity index (χ1n) is 9.78. The first-order valence-corrected chi connectivity index (χ1v) is 9.78. The van der Waals surface area contributed by atoms with Gasteiger partial charge in [-0.25, -0.2) is 0 Å². The van der Waals surface area contributed by atoms with Gasteiger partial charge in [-0.2, -0.15) is 0 Å². The highest BCUT2D eigenvalue weighted by Crippen LogP contribution is 2.55. The quantitative estimate of drug-likeness (QED) is 0.445. The average Bonchev–Trinajstić information content (AvgIpc) is 2.86. The Balaban J connectivity index is 1.72. The fourth-order valence-corrected chi connectivity index (χ4v) is 5.05. The van der Waals surface area contributed by atoms with E-state index in [1.807, 2.05) is 0 Å². The summed E-state index contributed by atoms with van der Waals surface area (Å²) in [4.78, 5) is 12.4. The minimum absolute atomic E-state index is 0.0705. The number of rotatable bonds is 6. The number of hydrogen-bond donors (Lipinski definition) is 2. The van der Waals surface area contributed by atoms with Crippen molar-refractivity contribution in [3.63, 3.8) is 0 Å². The summed E-state index contributed by atoms with van der Waals surface area (Å²) in [6.07, 6.45) is 8.19. The Labute approximate surface area is 146 Å². The summed E-state index contributed by atoms with van der Waals surface area (Å²) in [5, 5.41) is 14.6. The molecule has 0 bridgehead atoms. The van der Waals surface area contributed by atoms with Crippen LogP contribution in [0.3, 0.4) is 0 Å². The van der Waals surface area contributed by atoms with Crippen LogP contribution in [0, 0.1) is 23.2 Å². The van der Waals surface area contributed by atoms with E-state index in [1.54, 1.807) is 0 Å². The van der Waals surface area contributed by atoms with Gasteiger partial charge in [0.2, 0.25) is 0 Å². The Kier molecular flexibility index (Phi) is 5.36. The van der Waals surface area contributed by atoms with Crippen LogP contribution in [0.5, 0.6) is 0 Å². The Morgan fingerprint density at radius 2 is 2.21 bits per heavy atom. The van der Waals surface area contributed by atoms with Gasteiger partial charge in [0.15, 0.2) is 0 Å². The number of ether oxygens (including phenoxy) is 1. The molecule has 3 rings (SSSR count). The number of aliphatic hydroxyl groups is 1. The van der Waals surface area contributed by atoms with Crippen LogP contribution >= 0.6 is 0 Å². The van der Waals surface area contributed by atoms with Crippen molar-refractivity contribution < 1.29 is 14.6 Å². The van der Waals surface area contributed by atoms with E-state index in [9.17, 15) is 9.90 Å². The molecule has 1 aliphatic heterocycles. The van der Waals surface area contributed by atoms with Gasteiger partial charge in [-0.05, 0) is 31.7 Å². The molecule has 0 aromatic heterocycles. The van der Waals surface area contributed by atoms with Gasteiger partial charge in [-0.1, -0.05) is 45.3 Å². The van der Waals surface area contributed by atoms with Crippen LogP contribution in [0.15, 0.2) is 11.6 Å². The van der Waals surface area contributed by atoms with Crippen molar-refractivity contribution in [2.24, 2.45) is 23.2 Å². The van der Waals surface area contributed by atoms with Gasteiger partial charge in [-0.3, -0.25) is 4.79 Å². The normalized spacial score (nSPS) is 41.4. The maximum Gasteiger partial charge on any atom is 0.311 e. The molecule has 2 fully saturated rings. The molecule has 0 amide bonds. The summed E-state index contributed by atoms with van der Waals surface area (Å²) in [5.74, 6) is 0.0443. The van der Waals surface area contributed by atoms with Crippen molar-refractivity contribution in [3.8, 4) is 0 Å². The second-order valence-corrected chi connectivity index (χ2v) is 8.21. The molecule has 2 N–H and O–H groups in total. The largest absolute Gasteiger partial charge is 0.461 e. The summed E-state index contributed by atoms with van der Waals surface area (Å²) in [7, 11) is 0. The van der Waals surface area contributed by atoms with E-state index in [0.717, 1.165) is 32.2 Å². The molecule has 0 spiro atoms. The minimum atomic E-state index is -0.494. The fraction of sp³-hybridized carbons (Fsp3) is 0.850. The second-order valence-electron chi connectivity index (χ2n) is 8.21. The lowest BCUT2D eigenvalue weighted by molar-refractivity contribution is -0.144. The molecule has 0 radical (unpaired) electrons. The van der Waals surface area contributed by atoms with Crippen molar-refractivity contribution in [2.75, 3.05) is 13.1 Å². The average molecular weight is 335 g/mol. The smallest absolute Gasteiger partial charge is 0.311 e. The zero-order valence-electron chi connectivity index (χ0n) is 15.4. The number of fused-ring (bicyclic) bond motifs is 2. The molecule has 0 aromatic carbocycles. The third-order valence-corrected chi connectivity index (χ3v) is 6.89. The third-order valence-electron chi connectivity index (χ3n) is 6.89. The maximum absolute atomic E-state index is 12.4. The Bertz CT molecular complexity index is 503. The van der Waals surface area contributed by atoms with Crippen LogP contribution in [0.1, 0.15) is 59.3 Å².